The van der Waals surface area contributed by atoms with Gasteiger partial charge in [-0.1, -0.05) is 25.7 Å². The van der Waals surface area contributed by atoms with E-state index in [1.165, 1.54) is 67.1 Å². The maximum atomic E-state index is 6.19. The lowest BCUT2D eigenvalue weighted by Crippen LogP contribution is -2.31. The van der Waals surface area contributed by atoms with Gasteiger partial charge in [0.05, 0.1) is 5.69 Å². The van der Waals surface area contributed by atoms with Crippen molar-refractivity contribution in [1.82, 2.24) is 4.98 Å². The molecule has 0 saturated heterocycles. The molecular formula is C15H25N3S. The predicted octanol–water partition coefficient (Wildman–Crippen LogP) is 3.64. The summed E-state index contributed by atoms with van der Waals surface area (Å²) in [6, 6.07) is 0.864. The fraction of sp³-hybridized carbons (Fsp3) is 0.800. The molecule has 19 heavy (non-hydrogen) atoms. The zero-order valence-electron chi connectivity index (χ0n) is 11.9. The second kappa shape index (κ2) is 5.80. The van der Waals surface area contributed by atoms with Crippen LogP contribution in [0.4, 0.5) is 5.13 Å². The van der Waals surface area contributed by atoms with Crippen LogP contribution >= 0.6 is 11.3 Å². The van der Waals surface area contributed by atoms with Gasteiger partial charge in [0.25, 0.3) is 0 Å². The molecule has 0 aromatic carbocycles. The molecule has 1 saturated carbocycles. The Morgan fingerprint density at radius 3 is 2.53 bits per heavy atom. The van der Waals surface area contributed by atoms with Crippen molar-refractivity contribution < 1.29 is 0 Å². The van der Waals surface area contributed by atoms with Crippen molar-refractivity contribution in [3.8, 4) is 0 Å². The summed E-state index contributed by atoms with van der Waals surface area (Å²) in [5.41, 5.74) is 7.38. The number of nitrogens with zero attached hydrogens (tertiary/aromatic N) is 2. The first-order valence-electron chi connectivity index (χ1n) is 7.73. The van der Waals surface area contributed by atoms with Crippen LogP contribution in [0.15, 0.2) is 0 Å². The Kier molecular flexibility index (Phi) is 4.08. The van der Waals surface area contributed by atoms with Gasteiger partial charge in [-0.05, 0) is 32.1 Å². The fourth-order valence-corrected chi connectivity index (χ4v) is 4.60. The molecule has 0 amide bonds. The second-order valence-electron chi connectivity index (χ2n) is 6.06. The van der Waals surface area contributed by atoms with E-state index in [4.69, 9.17) is 10.7 Å². The Bertz CT molecular complexity index is 421. The van der Waals surface area contributed by atoms with Crippen LogP contribution in [0.2, 0.25) is 0 Å². The summed E-state index contributed by atoms with van der Waals surface area (Å²) in [6.45, 7) is 0. The number of rotatable bonds is 2. The molecule has 3 rings (SSSR count). The average Bonchev–Trinajstić information content (AvgIpc) is 2.67. The zero-order chi connectivity index (χ0) is 13.2. The molecule has 1 unspecified atom stereocenters. The third-order valence-electron chi connectivity index (χ3n) is 4.66. The summed E-state index contributed by atoms with van der Waals surface area (Å²) >= 11 is 1.88. The van der Waals surface area contributed by atoms with Crippen molar-refractivity contribution in [1.29, 1.82) is 0 Å². The number of aromatic nitrogens is 1. The highest BCUT2D eigenvalue weighted by atomic mass is 32.1. The van der Waals surface area contributed by atoms with Crippen LogP contribution in [0.3, 0.4) is 0 Å². The quantitative estimate of drug-likeness (QED) is 0.840. The van der Waals surface area contributed by atoms with Crippen LogP contribution in [0.5, 0.6) is 0 Å². The first kappa shape index (κ1) is 13.4. The van der Waals surface area contributed by atoms with Crippen LogP contribution in [-0.2, 0) is 6.42 Å². The smallest absolute Gasteiger partial charge is 0.185 e. The summed E-state index contributed by atoms with van der Waals surface area (Å²) < 4.78 is 0. The molecule has 0 spiro atoms. The number of nitrogens with two attached hydrogens (primary N) is 1. The van der Waals surface area contributed by atoms with Gasteiger partial charge >= 0.3 is 0 Å². The van der Waals surface area contributed by atoms with Gasteiger partial charge in [0.15, 0.2) is 5.13 Å². The lowest BCUT2D eigenvalue weighted by molar-refractivity contribution is 0.545. The number of hydrogen-bond donors (Lipinski definition) is 1. The maximum absolute atomic E-state index is 6.19. The summed E-state index contributed by atoms with van der Waals surface area (Å²) in [6.07, 6.45) is 11.7. The topological polar surface area (TPSA) is 42.2 Å². The lowest BCUT2D eigenvalue weighted by Gasteiger charge is -2.26. The first-order valence-corrected chi connectivity index (χ1v) is 8.55. The summed E-state index contributed by atoms with van der Waals surface area (Å²) in [7, 11) is 2.23. The van der Waals surface area contributed by atoms with E-state index < -0.39 is 0 Å². The van der Waals surface area contributed by atoms with Crippen LogP contribution in [-0.4, -0.2) is 18.1 Å². The van der Waals surface area contributed by atoms with Crippen LogP contribution < -0.4 is 10.6 Å². The molecule has 1 atom stereocenters. The van der Waals surface area contributed by atoms with Gasteiger partial charge in [0.1, 0.15) is 0 Å². The van der Waals surface area contributed by atoms with Gasteiger partial charge < -0.3 is 10.6 Å². The molecule has 1 aromatic rings. The van der Waals surface area contributed by atoms with Gasteiger partial charge in [-0.15, -0.1) is 11.3 Å². The molecule has 2 aliphatic rings. The van der Waals surface area contributed by atoms with E-state index in [1.54, 1.807) is 0 Å². The number of thiazole rings is 1. The van der Waals surface area contributed by atoms with E-state index in [0.29, 0.717) is 6.04 Å². The molecule has 0 bridgehead atoms. The van der Waals surface area contributed by atoms with Gasteiger partial charge in [-0.2, -0.15) is 0 Å². The summed E-state index contributed by atoms with van der Waals surface area (Å²) in [5, 5.41) is 1.20. The van der Waals surface area contributed by atoms with Crippen molar-refractivity contribution in [2.75, 3.05) is 11.9 Å². The third kappa shape index (κ3) is 2.79. The maximum Gasteiger partial charge on any atom is 0.185 e. The highest BCUT2D eigenvalue weighted by molar-refractivity contribution is 7.15. The molecule has 106 valence electrons. The Morgan fingerprint density at radius 1 is 1.11 bits per heavy atom. The van der Waals surface area contributed by atoms with E-state index in [-0.39, 0.29) is 6.04 Å². The molecule has 3 nitrogen and oxygen atoms in total. The van der Waals surface area contributed by atoms with E-state index in [0.717, 1.165) is 6.42 Å². The van der Waals surface area contributed by atoms with E-state index in [2.05, 4.69) is 11.9 Å². The molecule has 1 aromatic heterocycles. The molecular weight excluding hydrogens is 254 g/mol. The minimum absolute atomic E-state index is 0.177. The molecule has 0 aliphatic heterocycles. The molecule has 2 N–H and O–H groups in total. The van der Waals surface area contributed by atoms with E-state index >= 15 is 0 Å². The molecule has 1 fully saturated rings. The zero-order valence-corrected chi connectivity index (χ0v) is 12.7. The van der Waals surface area contributed by atoms with E-state index in [1.807, 2.05) is 11.3 Å². The summed E-state index contributed by atoms with van der Waals surface area (Å²) in [4.78, 5) is 8.73. The van der Waals surface area contributed by atoms with E-state index in [9.17, 15) is 0 Å². The SMILES string of the molecule is CN(c1nc2c(s1)CCCC2N)C1CCCCCC1. The second-order valence-corrected chi connectivity index (χ2v) is 7.12. The third-order valence-corrected chi connectivity index (χ3v) is 5.88. The van der Waals surface area contributed by atoms with Crippen molar-refractivity contribution >= 4 is 16.5 Å². The van der Waals surface area contributed by atoms with Crippen LogP contribution in [0.25, 0.3) is 0 Å². The standard InChI is InChI=1S/C15H25N3S/c1-18(11-7-4-2-3-5-8-11)15-17-14-12(16)9-6-10-13(14)19-15/h11-12H,2-10,16H2,1H3. The Morgan fingerprint density at radius 2 is 1.84 bits per heavy atom. The van der Waals surface area contributed by atoms with Crippen LogP contribution in [0, 0.1) is 0 Å². The Labute approximate surface area is 120 Å². The van der Waals surface area contributed by atoms with Crippen LogP contribution in [0.1, 0.15) is 68.0 Å². The minimum atomic E-state index is 0.177. The number of anilines is 1. The van der Waals surface area contributed by atoms with Gasteiger partial charge in [-0.25, -0.2) is 4.98 Å². The average molecular weight is 279 g/mol. The predicted molar refractivity (Wildman–Crippen MR) is 81.9 cm³/mol. The monoisotopic (exact) mass is 279 g/mol. The highest BCUT2D eigenvalue weighted by Gasteiger charge is 2.25. The Balaban J connectivity index is 1.77. The van der Waals surface area contributed by atoms with Gasteiger partial charge in [0.2, 0.25) is 0 Å². The van der Waals surface area contributed by atoms with Crippen molar-refractivity contribution in [3.05, 3.63) is 10.6 Å². The number of fused-ring (bicyclic) bond motifs is 1. The van der Waals surface area contributed by atoms with Gasteiger partial charge in [0, 0.05) is 24.0 Å². The number of aryl methyl sites for hydroxylation is 1. The fourth-order valence-electron chi connectivity index (χ4n) is 3.39. The molecule has 1 heterocycles. The minimum Gasteiger partial charge on any atom is -0.348 e. The largest absolute Gasteiger partial charge is 0.348 e. The molecule has 4 heteroatoms. The van der Waals surface area contributed by atoms with Crippen molar-refractivity contribution in [2.24, 2.45) is 5.73 Å². The number of hydrogen-bond acceptors (Lipinski definition) is 4. The first-order chi connectivity index (χ1) is 9.25. The highest BCUT2D eigenvalue weighted by Crippen LogP contribution is 2.37. The summed E-state index contributed by atoms with van der Waals surface area (Å²) in [5.74, 6) is 0. The normalized spacial score (nSPS) is 24.8. The lowest BCUT2D eigenvalue weighted by atomic mass is 9.99. The van der Waals surface area contributed by atoms with Crippen molar-refractivity contribution in [3.63, 3.8) is 0 Å². The van der Waals surface area contributed by atoms with Crippen molar-refractivity contribution in [2.45, 2.75) is 69.9 Å². The molecule has 0 radical (unpaired) electrons. The molecule has 2 aliphatic carbocycles. The Hall–Kier alpha value is -0.610. The van der Waals surface area contributed by atoms with Gasteiger partial charge in [-0.3, -0.25) is 0 Å².